The summed E-state index contributed by atoms with van der Waals surface area (Å²) in [6.45, 7) is 1.04. The quantitative estimate of drug-likeness (QED) is 0.0538. The van der Waals surface area contributed by atoms with E-state index in [1.54, 1.807) is 5.48 Å². The smallest absolute Gasteiger partial charge is 0.243 e. The van der Waals surface area contributed by atoms with E-state index in [4.69, 9.17) is 14.7 Å². The van der Waals surface area contributed by atoms with Crippen LogP contribution in [0.4, 0.5) is 0 Å². The summed E-state index contributed by atoms with van der Waals surface area (Å²) in [4.78, 5) is 28.3. The number of aliphatic hydroxyl groups is 1. The fraction of sp³-hybridized carbons (Fsp3) is 0.325. The highest BCUT2D eigenvalue weighted by atomic mass is 16.7. The number of imidazole rings is 1. The van der Waals surface area contributed by atoms with Crippen LogP contribution >= 0.6 is 0 Å². The van der Waals surface area contributed by atoms with E-state index >= 15 is 0 Å². The van der Waals surface area contributed by atoms with Gasteiger partial charge in [-0.3, -0.25) is 14.8 Å². The minimum Gasteiger partial charge on any atom is -0.392 e. The van der Waals surface area contributed by atoms with Gasteiger partial charge in [0.25, 0.3) is 0 Å². The Morgan fingerprint density at radius 1 is 0.800 bits per heavy atom. The minimum absolute atomic E-state index is 0.00588. The molecule has 10 nitrogen and oxygen atoms in total. The van der Waals surface area contributed by atoms with Gasteiger partial charge < -0.3 is 24.5 Å². The van der Waals surface area contributed by atoms with Crippen LogP contribution in [-0.2, 0) is 38.8 Å². The van der Waals surface area contributed by atoms with Crippen molar-refractivity contribution < 1.29 is 29.4 Å². The number of carbonyl (C=O) groups excluding carboxylic acids is 2. The van der Waals surface area contributed by atoms with Crippen molar-refractivity contribution in [1.29, 1.82) is 0 Å². The van der Waals surface area contributed by atoms with Gasteiger partial charge in [0, 0.05) is 31.4 Å². The van der Waals surface area contributed by atoms with Crippen LogP contribution in [0.5, 0.6) is 0 Å². The number of para-hydroxylation sites is 2. The number of hydrogen-bond donors (Lipinski definition) is 4. The van der Waals surface area contributed by atoms with Crippen molar-refractivity contribution in [3.8, 4) is 11.1 Å². The molecule has 4 aromatic carbocycles. The third-order valence-corrected chi connectivity index (χ3v) is 9.21. The molecule has 10 heteroatoms. The van der Waals surface area contributed by atoms with Gasteiger partial charge in [-0.25, -0.2) is 10.5 Å². The second kappa shape index (κ2) is 17.2. The SMILES string of the molecule is O=C(CCCCCCC(=O)NCc1ccccc1-c1ccc(C2OC(Cn3cnc4ccccc43)CC(c3ccc(CO)cc3)O2)cc1)NO. The van der Waals surface area contributed by atoms with E-state index < -0.39 is 6.29 Å². The first-order valence-electron chi connectivity index (χ1n) is 17.3. The molecule has 50 heavy (non-hydrogen) atoms. The van der Waals surface area contributed by atoms with Crippen molar-refractivity contribution in [3.05, 3.63) is 126 Å². The molecule has 2 heterocycles. The first-order valence-corrected chi connectivity index (χ1v) is 17.3. The van der Waals surface area contributed by atoms with Crippen LogP contribution in [0, 0.1) is 0 Å². The molecular weight excluding hydrogens is 632 g/mol. The van der Waals surface area contributed by atoms with Crippen LogP contribution in [-0.4, -0.2) is 37.8 Å². The number of fused-ring (bicyclic) bond motifs is 1. The Labute approximate surface area is 292 Å². The number of amides is 2. The average Bonchev–Trinajstić information content (AvgIpc) is 3.57. The van der Waals surface area contributed by atoms with Gasteiger partial charge in [0.05, 0.1) is 42.7 Å². The molecular formula is C40H44N4O6. The molecule has 0 aliphatic carbocycles. The Hall–Kier alpha value is -4.87. The van der Waals surface area contributed by atoms with Gasteiger partial charge in [-0.15, -0.1) is 0 Å². The summed E-state index contributed by atoms with van der Waals surface area (Å²) in [6.07, 6.45) is 5.44. The van der Waals surface area contributed by atoms with Gasteiger partial charge in [0.2, 0.25) is 11.8 Å². The van der Waals surface area contributed by atoms with E-state index in [1.165, 1.54) is 0 Å². The normalized spacial score (nSPS) is 17.4. The second-order valence-corrected chi connectivity index (χ2v) is 12.7. The van der Waals surface area contributed by atoms with Crippen LogP contribution < -0.4 is 10.8 Å². The zero-order valence-electron chi connectivity index (χ0n) is 28.0. The van der Waals surface area contributed by atoms with Gasteiger partial charge in [-0.2, -0.15) is 0 Å². The molecule has 5 aromatic rings. The van der Waals surface area contributed by atoms with E-state index in [0.29, 0.717) is 32.4 Å². The number of benzene rings is 4. The average molecular weight is 677 g/mol. The lowest BCUT2D eigenvalue weighted by molar-refractivity contribution is -0.252. The number of unbranched alkanes of at least 4 members (excludes halogenated alkanes) is 3. The van der Waals surface area contributed by atoms with Crippen molar-refractivity contribution in [1.82, 2.24) is 20.3 Å². The van der Waals surface area contributed by atoms with Crippen molar-refractivity contribution in [2.45, 2.75) is 83.1 Å². The molecule has 1 saturated heterocycles. The molecule has 4 N–H and O–H groups in total. The first-order chi connectivity index (χ1) is 24.5. The molecule has 0 radical (unpaired) electrons. The number of aliphatic hydroxyl groups excluding tert-OH is 1. The summed E-state index contributed by atoms with van der Waals surface area (Å²) < 4.78 is 15.3. The highest BCUT2D eigenvalue weighted by Gasteiger charge is 2.32. The molecule has 3 atom stereocenters. The highest BCUT2D eigenvalue weighted by Crippen LogP contribution is 2.39. The fourth-order valence-electron chi connectivity index (χ4n) is 6.45. The van der Waals surface area contributed by atoms with E-state index in [1.807, 2.05) is 79.1 Å². The lowest BCUT2D eigenvalue weighted by atomic mass is 9.97. The molecule has 1 fully saturated rings. The summed E-state index contributed by atoms with van der Waals surface area (Å²) in [6, 6.07) is 32.3. The van der Waals surface area contributed by atoms with Crippen molar-refractivity contribution in [2.75, 3.05) is 0 Å². The molecule has 1 aliphatic heterocycles. The molecule has 260 valence electrons. The molecule has 1 aliphatic rings. The summed E-state index contributed by atoms with van der Waals surface area (Å²) in [5.74, 6) is -0.389. The Bertz CT molecular complexity index is 1860. The topological polar surface area (TPSA) is 135 Å². The van der Waals surface area contributed by atoms with E-state index in [2.05, 4.69) is 39.1 Å². The Morgan fingerprint density at radius 2 is 1.50 bits per heavy atom. The monoisotopic (exact) mass is 676 g/mol. The Balaban J connectivity index is 1.11. The Morgan fingerprint density at radius 3 is 2.26 bits per heavy atom. The standard InChI is InChI=1S/C40H44N4O6/c45-26-28-15-17-30(18-16-28)37-23-33(25-44-27-42-35-11-7-8-12-36(35)44)49-40(50-37)31-21-19-29(20-22-31)34-10-6-5-9-32(34)24-41-38(46)13-3-1-2-4-14-39(47)43-48/h5-12,15-22,27,33,37,40,45,48H,1-4,13-14,23-26H2,(H,41,46)(H,43,47). The van der Waals surface area contributed by atoms with Gasteiger partial charge in [-0.05, 0) is 52.8 Å². The molecule has 0 bridgehead atoms. The van der Waals surface area contributed by atoms with E-state index in [9.17, 15) is 14.7 Å². The number of ether oxygens (including phenoxy) is 2. The fourth-order valence-corrected chi connectivity index (χ4v) is 6.45. The second-order valence-electron chi connectivity index (χ2n) is 12.7. The van der Waals surface area contributed by atoms with Gasteiger partial charge in [0.1, 0.15) is 0 Å². The van der Waals surface area contributed by atoms with E-state index in [-0.39, 0.29) is 37.0 Å². The number of carbonyl (C=O) groups is 2. The molecule has 0 spiro atoms. The number of aromatic nitrogens is 2. The number of nitrogens with zero attached hydrogens (tertiary/aromatic N) is 2. The lowest BCUT2D eigenvalue weighted by Crippen LogP contribution is -2.32. The maximum Gasteiger partial charge on any atom is 0.243 e. The number of nitrogens with one attached hydrogen (secondary N) is 2. The highest BCUT2D eigenvalue weighted by molar-refractivity contribution is 5.77. The van der Waals surface area contributed by atoms with Crippen molar-refractivity contribution >= 4 is 22.8 Å². The lowest BCUT2D eigenvalue weighted by Gasteiger charge is -2.36. The van der Waals surface area contributed by atoms with Crippen molar-refractivity contribution in [3.63, 3.8) is 0 Å². The van der Waals surface area contributed by atoms with Crippen LogP contribution in [0.3, 0.4) is 0 Å². The molecule has 0 saturated carbocycles. The summed E-state index contributed by atoms with van der Waals surface area (Å²) in [7, 11) is 0. The zero-order chi connectivity index (χ0) is 34.7. The van der Waals surface area contributed by atoms with Crippen molar-refractivity contribution in [2.24, 2.45) is 0 Å². The Kier molecular flexibility index (Phi) is 12.0. The van der Waals surface area contributed by atoms with Gasteiger partial charge in [0.15, 0.2) is 6.29 Å². The molecule has 3 unspecified atom stereocenters. The van der Waals surface area contributed by atoms with Crippen LogP contribution in [0.25, 0.3) is 22.2 Å². The predicted molar refractivity (Wildman–Crippen MR) is 190 cm³/mol. The van der Waals surface area contributed by atoms with Crippen LogP contribution in [0.15, 0.2) is 103 Å². The van der Waals surface area contributed by atoms with Crippen LogP contribution in [0.1, 0.15) is 79.6 Å². The third kappa shape index (κ3) is 9.02. The first kappa shape index (κ1) is 35.0. The summed E-state index contributed by atoms with van der Waals surface area (Å²) >= 11 is 0. The van der Waals surface area contributed by atoms with Crippen LogP contribution in [0.2, 0.25) is 0 Å². The molecule has 2 amide bonds. The zero-order valence-corrected chi connectivity index (χ0v) is 28.0. The maximum absolute atomic E-state index is 12.6. The number of rotatable bonds is 15. The van der Waals surface area contributed by atoms with Gasteiger partial charge >= 0.3 is 0 Å². The molecule has 6 rings (SSSR count). The van der Waals surface area contributed by atoms with E-state index in [0.717, 1.165) is 63.7 Å². The minimum atomic E-state index is -0.582. The third-order valence-electron chi connectivity index (χ3n) is 9.21. The summed E-state index contributed by atoms with van der Waals surface area (Å²) in [5.41, 5.74) is 9.54. The largest absolute Gasteiger partial charge is 0.392 e. The molecule has 1 aromatic heterocycles. The van der Waals surface area contributed by atoms with Gasteiger partial charge in [-0.1, -0.05) is 97.8 Å². The summed E-state index contributed by atoms with van der Waals surface area (Å²) in [5, 5.41) is 21.2. The maximum atomic E-state index is 12.6. The number of hydroxylamine groups is 1. The number of hydrogen-bond acceptors (Lipinski definition) is 7. The predicted octanol–water partition coefficient (Wildman–Crippen LogP) is 6.90.